The highest BCUT2D eigenvalue weighted by Crippen LogP contribution is 2.24. The predicted molar refractivity (Wildman–Crippen MR) is 112 cm³/mol. The van der Waals surface area contributed by atoms with E-state index < -0.39 is 6.10 Å². The van der Waals surface area contributed by atoms with E-state index in [1.807, 2.05) is 24.3 Å². The number of hydrogen-bond donors (Lipinski definition) is 1. The van der Waals surface area contributed by atoms with Crippen LogP contribution < -0.4 is 0 Å². The molecule has 0 aromatic heterocycles. The number of ether oxygens (including phenoxy) is 1. The van der Waals surface area contributed by atoms with Crippen molar-refractivity contribution in [2.24, 2.45) is 0 Å². The van der Waals surface area contributed by atoms with Gasteiger partial charge in [0.05, 0.1) is 19.1 Å². The number of carbonyl (C=O) groups excluding carboxylic acids is 1. The van der Waals surface area contributed by atoms with E-state index in [0.29, 0.717) is 6.61 Å². The SMILES string of the molecule is CCOC(=O)CC(O)c1ccc(-c2ccc(CCN3CCCC3C)cc2)cc1. The smallest absolute Gasteiger partial charge is 0.308 e. The molecule has 2 aromatic carbocycles. The Kier molecular flexibility index (Phi) is 7.24. The van der Waals surface area contributed by atoms with Gasteiger partial charge in [-0.15, -0.1) is 0 Å². The lowest BCUT2D eigenvalue weighted by atomic mass is 9.99. The average Bonchev–Trinajstić information content (AvgIpc) is 3.12. The molecule has 0 aliphatic carbocycles. The van der Waals surface area contributed by atoms with Crippen molar-refractivity contribution in [3.05, 3.63) is 59.7 Å². The van der Waals surface area contributed by atoms with Crippen LogP contribution in [0.3, 0.4) is 0 Å². The largest absolute Gasteiger partial charge is 0.466 e. The van der Waals surface area contributed by atoms with E-state index in [9.17, 15) is 9.90 Å². The molecule has 1 aliphatic rings. The van der Waals surface area contributed by atoms with Crippen LogP contribution in [0.15, 0.2) is 48.5 Å². The fraction of sp³-hybridized carbons (Fsp3) is 0.458. The van der Waals surface area contributed by atoms with Crippen LogP contribution in [-0.2, 0) is 16.0 Å². The number of likely N-dealkylation sites (tertiary alicyclic amines) is 1. The van der Waals surface area contributed by atoms with E-state index >= 15 is 0 Å². The lowest BCUT2D eigenvalue weighted by molar-refractivity contribution is -0.145. The number of nitrogens with zero attached hydrogens (tertiary/aromatic N) is 1. The molecule has 4 heteroatoms. The molecule has 0 radical (unpaired) electrons. The Morgan fingerprint density at radius 2 is 1.79 bits per heavy atom. The van der Waals surface area contributed by atoms with E-state index in [2.05, 4.69) is 36.1 Å². The van der Waals surface area contributed by atoms with Crippen molar-refractivity contribution in [2.75, 3.05) is 19.7 Å². The van der Waals surface area contributed by atoms with Gasteiger partial charge in [-0.1, -0.05) is 48.5 Å². The maximum atomic E-state index is 11.5. The van der Waals surface area contributed by atoms with Crippen LogP contribution >= 0.6 is 0 Å². The van der Waals surface area contributed by atoms with Crippen LogP contribution in [0.5, 0.6) is 0 Å². The third-order valence-corrected chi connectivity index (χ3v) is 5.63. The molecule has 2 unspecified atom stereocenters. The Morgan fingerprint density at radius 3 is 2.36 bits per heavy atom. The number of hydrogen-bond acceptors (Lipinski definition) is 4. The average molecular weight is 382 g/mol. The van der Waals surface area contributed by atoms with Gasteiger partial charge in [0.2, 0.25) is 0 Å². The summed E-state index contributed by atoms with van der Waals surface area (Å²) in [5.41, 5.74) is 4.36. The Morgan fingerprint density at radius 1 is 1.14 bits per heavy atom. The first kappa shape index (κ1) is 20.6. The molecule has 0 bridgehead atoms. The Labute approximate surface area is 168 Å². The molecular weight excluding hydrogens is 350 g/mol. The molecular formula is C24H31NO3. The van der Waals surface area contributed by atoms with Crippen molar-refractivity contribution in [3.8, 4) is 11.1 Å². The standard InChI is InChI=1S/C24H31NO3/c1-3-28-24(27)17-23(26)22-12-10-21(11-13-22)20-8-6-19(7-9-20)14-16-25-15-4-5-18(25)2/h6-13,18,23,26H,3-5,14-17H2,1-2H3. The van der Waals surface area contributed by atoms with Gasteiger partial charge in [-0.3, -0.25) is 4.79 Å². The number of benzene rings is 2. The number of rotatable bonds is 8. The van der Waals surface area contributed by atoms with Crippen LogP contribution in [0.1, 0.15) is 50.3 Å². The first-order chi connectivity index (χ1) is 13.6. The van der Waals surface area contributed by atoms with Crippen molar-refractivity contribution in [3.63, 3.8) is 0 Å². The number of aliphatic hydroxyl groups is 1. The minimum Gasteiger partial charge on any atom is -0.466 e. The van der Waals surface area contributed by atoms with Crippen molar-refractivity contribution in [1.29, 1.82) is 0 Å². The van der Waals surface area contributed by atoms with Crippen molar-refractivity contribution < 1.29 is 14.6 Å². The molecule has 0 saturated carbocycles. The lowest BCUT2D eigenvalue weighted by Crippen LogP contribution is -2.28. The fourth-order valence-electron chi connectivity index (χ4n) is 3.85. The quantitative estimate of drug-likeness (QED) is 0.690. The number of esters is 1. The molecule has 1 heterocycles. The van der Waals surface area contributed by atoms with E-state index in [-0.39, 0.29) is 12.4 Å². The first-order valence-corrected chi connectivity index (χ1v) is 10.3. The van der Waals surface area contributed by atoms with Gasteiger partial charge in [-0.2, -0.15) is 0 Å². The summed E-state index contributed by atoms with van der Waals surface area (Å²) < 4.78 is 4.89. The zero-order chi connectivity index (χ0) is 19.9. The highest BCUT2D eigenvalue weighted by molar-refractivity contribution is 5.70. The molecule has 1 N–H and O–H groups in total. The second-order valence-electron chi connectivity index (χ2n) is 7.62. The topological polar surface area (TPSA) is 49.8 Å². The molecule has 4 nitrogen and oxygen atoms in total. The van der Waals surface area contributed by atoms with E-state index in [1.165, 1.54) is 24.9 Å². The second-order valence-corrected chi connectivity index (χ2v) is 7.62. The van der Waals surface area contributed by atoms with E-state index in [0.717, 1.165) is 35.7 Å². The monoisotopic (exact) mass is 381 g/mol. The summed E-state index contributed by atoms with van der Waals surface area (Å²) in [6.45, 7) is 6.78. The summed E-state index contributed by atoms with van der Waals surface area (Å²) in [7, 11) is 0. The first-order valence-electron chi connectivity index (χ1n) is 10.3. The molecule has 2 aromatic rings. The highest BCUT2D eigenvalue weighted by Gasteiger charge is 2.19. The third-order valence-electron chi connectivity index (χ3n) is 5.63. The maximum Gasteiger partial charge on any atom is 0.308 e. The molecule has 0 spiro atoms. The molecule has 1 aliphatic heterocycles. The molecule has 1 saturated heterocycles. The van der Waals surface area contributed by atoms with Crippen molar-refractivity contribution >= 4 is 5.97 Å². The van der Waals surface area contributed by atoms with E-state index in [4.69, 9.17) is 4.74 Å². The Hall–Kier alpha value is -2.17. The molecule has 1 fully saturated rings. The minimum atomic E-state index is -0.830. The summed E-state index contributed by atoms with van der Waals surface area (Å²) in [5.74, 6) is -0.377. The number of carbonyl (C=O) groups is 1. The zero-order valence-electron chi connectivity index (χ0n) is 16.9. The molecule has 3 rings (SSSR count). The lowest BCUT2D eigenvalue weighted by Gasteiger charge is -2.20. The Balaban J connectivity index is 1.57. The second kappa shape index (κ2) is 9.85. The van der Waals surface area contributed by atoms with Gasteiger partial charge >= 0.3 is 5.97 Å². The van der Waals surface area contributed by atoms with Crippen LogP contribution in [0.25, 0.3) is 11.1 Å². The molecule has 150 valence electrons. The van der Waals surface area contributed by atoms with Gasteiger partial charge in [0, 0.05) is 12.6 Å². The number of aliphatic hydroxyl groups excluding tert-OH is 1. The van der Waals surface area contributed by atoms with Crippen molar-refractivity contribution in [2.45, 2.75) is 51.7 Å². The van der Waals surface area contributed by atoms with Gasteiger partial charge in [0.15, 0.2) is 0 Å². The third kappa shape index (κ3) is 5.43. The Bertz CT molecular complexity index is 754. The fourth-order valence-corrected chi connectivity index (χ4v) is 3.85. The predicted octanol–water partition coefficient (Wildman–Crippen LogP) is 4.37. The summed E-state index contributed by atoms with van der Waals surface area (Å²) >= 11 is 0. The van der Waals surface area contributed by atoms with Gasteiger partial charge in [-0.05, 0) is 61.9 Å². The minimum absolute atomic E-state index is 0.0164. The summed E-state index contributed by atoms with van der Waals surface area (Å²) in [5, 5.41) is 10.2. The summed E-state index contributed by atoms with van der Waals surface area (Å²) in [6.07, 6.45) is 2.89. The normalized spacial score (nSPS) is 18.2. The highest BCUT2D eigenvalue weighted by atomic mass is 16.5. The molecule has 28 heavy (non-hydrogen) atoms. The van der Waals surface area contributed by atoms with Gasteiger partial charge < -0.3 is 14.7 Å². The van der Waals surface area contributed by atoms with E-state index in [1.54, 1.807) is 6.92 Å². The van der Waals surface area contributed by atoms with Crippen LogP contribution in [0, 0.1) is 0 Å². The molecule has 0 amide bonds. The summed E-state index contributed by atoms with van der Waals surface area (Å²) in [6, 6.07) is 17.2. The van der Waals surface area contributed by atoms with Crippen LogP contribution in [0.4, 0.5) is 0 Å². The van der Waals surface area contributed by atoms with Crippen LogP contribution in [0.2, 0.25) is 0 Å². The zero-order valence-corrected chi connectivity index (χ0v) is 16.9. The van der Waals surface area contributed by atoms with Gasteiger partial charge in [0.25, 0.3) is 0 Å². The van der Waals surface area contributed by atoms with Crippen LogP contribution in [-0.4, -0.2) is 41.7 Å². The van der Waals surface area contributed by atoms with Crippen molar-refractivity contribution in [1.82, 2.24) is 4.90 Å². The van der Waals surface area contributed by atoms with Gasteiger partial charge in [0.1, 0.15) is 0 Å². The van der Waals surface area contributed by atoms with Gasteiger partial charge in [-0.25, -0.2) is 0 Å². The summed E-state index contributed by atoms with van der Waals surface area (Å²) in [4.78, 5) is 14.1. The maximum absolute atomic E-state index is 11.5. The molecule has 2 atom stereocenters.